The molecule has 0 heterocycles. The standard InChI is InChI=1S/2C9H10O3.Ca/c2*10-8(9(11)12)6-7-4-2-1-3-5-7;/h2*1-5,8,10H,6H2,(H,11,12);/q;;+2/p-2. The Bertz CT molecular complexity index is 575. The van der Waals surface area contributed by atoms with Gasteiger partial charge in [0.2, 0.25) is 0 Å². The van der Waals surface area contributed by atoms with Crippen molar-refractivity contribution in [1.82, 2.24) is 0 Å². The summed E-state index contributed by atoms with van der Waals surface area (Å²) in [6, 6.07) is 17.8. The van der Waals surface area contributed by atoms with Crippen molar-refractivity contribution in [2.24, 2.45) is 0 Å². The molecule has 0 amide bonds. The van der Waals surface area contributed by atoms with Crippen molar-refractivity contribution >= 4 is 49.7 Å². The van der Waals surface area contributed by atoms with Gasteiger partial charge in [-0.25, -0.2) is 0 Å². The summed E-state index contributed by atoms with van der Waals surface area (Å²) in [5.41, 5.74) is 1.57. The maximum Gasteiger partial charge on any atom is 2.00 e. The van der Waals surface area contributed by atoms with Crippen LogP contribution in [0.5, 0.6) is 0 Å². The fourth-order valence-electron chi connectivity index (χ4n) is 1.84. The first-order valence-corrected chi connectivity index (χ1v) is 7.26. The predicted octanol–water partition coefficient (Wildman–Crippen LogP) is -1.70. The Morgan fingerprint density at radius 2 is 1.00 bits per heavy atom. The molecule has 2 rings (SSSR count). The smallest absolute Gasteiger partial charge is 0.547 e. The van der Waals surface area contributed by atoms with E-state index in [0.717, 1.165) is 11.1 Å². The number of carbonyl (C=O) groups excluding carboxylic acids is 2. The van der Waals surface area contributed by atoms with Gasteiger partial charge >= 0.3 is 37.7 Å². The first kappa shape index (κ1) is 23.6. The van der Waals surface area contributed by atoms with Gasteiger partial charge in [0, 0.05) is 12.8 Å². The largest absolute Gasteiger partial charge is 2.00 e. The number of carboxylic acids is 2. The first-order chi connectivity index (χ1) is 11.4. The summed E-state index contributed by atoms with van der Waals surface area (Å²) >= 11 is 0. The zero-order valence-electron chi connectivity index (χ0n) is 13.6. The molecule has 6 nitrogen and oxygen atoms in total. The molecular weight excluding hydrogens is 352 g/mol. The van der Waals surface area contributed by atoms with Crippen molar-refractivity contribution < 1.29 is 30.0 Å². The summed E-state index contributed by atoms with van der Waals surface area (Å²) in [4.78, 5) is 20.3. The van der Waals surface area contributed by atoms with Gasteiger partial charge in [-0.2, -0.15) is 0 Å². The van der Waals surface area contributed by atoms with Gasteiger partial charge < -0.3 is 30.0 Å². The molecule has 0 saturated carbocycles. The van der Waals surface area contributed by atoms with E-state index in [-0.39, 0.29) is 50.6 Å². The number of rotatable bonds is 6. The summed E-state index contributed by atoms with van der Waals surface area (Å²) < 4.78 is 0. The van der Waals surface area contributed by atoms with Crippen LogP contribution < -0.4 is 10.2 Å². The number of hydrogen-bond acceptors (Lipinski definition) is 6. The second-order valence-electron chi connectivity index (χ2n) is 5.05. The van der Waals surface area contributed by atoms with Crippen LogP contribution >= 0.6 is 0 Å². The van der Waals surface area contributed by atoms with Crippen LogP contribution in [0.3, 0.4) is 0 Å². The van der Waals surface area contributed by atoms with Crippen LogP contribution in [0.1, 0.15) is 11.1 Å². The number of hydrogen-bond donors (Lipinski definition) is 2. The Morgan fingerprint density at radius 3 is 1.24 bits per heavy atom. The third-order valence-electron chi connectivity index (χ3n) is 3.09. The van der Waals surface area contributed by atoms with Gasteiger partial charge in [0.25, 0.3) is 0 Å². The van der Waals surface area contributed by atoms with E-state index in [1.807, 2.05) is 12.1 Å². The summed E-state index contributed by atoms with van der Waals surface area (Å²) in [5, 5.41) is 38.1. The van der Waals surface area contributed by atoms with Crippen molar-refractivity contribution in [3.63, 3.8) is 0 Å². The Hall–Kier alpha value is -1.44. The summed E-state index contributed by atoms with van der Waals surface area (Å²) in [6.45, 7) is 0. The van der Waals surface area contributed by atoms with Crippen molar-refractivity contribution in [2.75, 3.05) is 0 Å². The fraction of sp³-hybridized carbons (Fsp3) is 0.222. The molecule has 0 saturated heterocycles. The average Bonchev–Trinajstić information content (AvgIpc) is 2.57. The van der Waals surface area contributed by atoms with Crippen molar-refractivity contribution in [1.29, 1.82) is 0 Å². The molecule has 7 heteroatoms. The molecule has 0 aliphatic rings. The van der Waals surface area contributed by atoms with Gasteiger partial charge in [-0.3, -0.25) is 0 Å². The Labute approximate surface area is 175 Å². The zero-order chi connectivity index (χ0) is 17.9. The van der Waals surface area contributed by atoms with Crippen LogP contribution in [0.2, 0.25) is 0 Å². The Kier molecular flexibility index (Phi) is 12.1. The minimum absolute atomic E-state index is 0. The van der Waals surface area contributed by atoms with E-state index in [9.17, 15) is 19.8 Å². The Morgan fingerprint density at radius 1 is 0.720 bits per heavy atom. The van der Waals surface area contributed by atoms with E-state index in [1.165, 1.54) is 0 Å². The third kappa shape index (κ3) is 10.2. The summed E-state index contributed by atoms with van der Waals surface area (Å²) in [7, 11) is 0. The number of aliphatic hydroxyl groups excluding tert-OH is 2. The fourth-order valence-corrected chi connectivity index (χ4v) is 1.84. The van der Waals surface area contributed by atoms with Crippen molar-refractivity contribution in [2.45, 2.75) is 25.0 Å². The van der Waals surface area contributed by atoms with Crippen LogP contribution in [0.25, 0.3) is 0 Å². The molecule has 0 radical (unpaired) electrons. The molecule has 2 aromatic rings. The first-order valence-electron chi connectivity index (χ1n) is 7.26. The molecule has 128 valence electrons. The van der Waals surface area contributed by atoms with E-state index in [1.54, 1.807) is 48.5 Å². The van der Waals surface area contributed by atoms with Crippen molar-refractivity contribution in [3.05, 3.63) is 71.8 Å². The molecule has 0 aliphatic heterocycles. The second kappa shape index (κ2) is 12.9. The molecular formula is C18H18CaO6. The topological polar surface area (TPSA) is 121 Å². The van der Waals surface area contributed by atoms with E-state index in [4.69, 9.17) is 10.2 Å². The molecule has 2 atom stereocenters. The maximum absolute atomic E-state index is 10.1. The van der Waals surface area contributed by atoms with Gasteiger partial charge in [-0.05, 0) is 11.1 Å². The number of carboxylic acid groups (broad SMARTS) is 2. The molecule has 2 aromatic carbocycles. The normalized spacial score (nSPS) is 11.9. The van der Waals surface area contributed by atoms with E-state index < -0.39 is 24.1 Å². The number of aliphatic hydroxyl groups is 2. The van der Waals surface area contributed by atoms with Gasteiger partial charge in [0.15, 0.2) is 0 Å². The van der Waals surface area contributed by atoms with Gasteiger partial charge in [-0.1, -0.05) is 60.7 Å². The minimum atomic E-state index is -1.43. The van der Waals surface area contributed by atoms with Gasteiger partial charge in [0.1, 0.15) is 0 Å². The number of carbonyl (C=O) groups is 2. The van der Waals surface area contributed by atoms with Crippen LogP contribution in [-0.4, -0.2) is 72.1 Å². The van der Waals surface area contributed by atoms with Crippen LogP contribution in [0.15, 0.2) is 60.7 Å². The average molecular weight is 370 g/mol. The summed E-state index contributed by atoms with van der Waals surface area (Å²) in [5.74, 6) is -2.86. The molecule has 2 N–H and O–H groups in total. The quantitative estimate of drug-likeness (QED) is 0.585. The molecule has 0 fully saturated rings. The van der Waals surface area contributed by atoms with Crippen molar-refractivity contribution in [3.8, 4) is 0 Å². The zero-order valence-corrected chi connectivity index (χ0v) is 15.8. The van der Waals surface area contributed by atoms with E-state index >= 15 is 0 Å². The summed E-state index contributed by atoms with van der Waals surface area (Å²) in [6.07, 6.45) is -2.62. The minimum Gasteiger partial charge on any atom is -0.547 e. The van der Waals surface area contributed by atoms with E-state index in [0.29, 0.717) is 0 Å². The molecule has 25 heavy (non-hydrogen) atoms. The van der Waals surface area contributed by atoms with Crippen LogP contribution in [-0.2, 0) is 22.4 Å². The maximum atomic E-state index is 10.1. The number of aliphatic carboxylic acids is 2. The number of benzene rings is 2. The van der Waals surface area contributed by atoms with Crippen LogP contribution in [0, 0.1) is 0 Å². The molecule has 0 aromatic heterocycles. The van der Waals surface area contributed by atoms with Gasteiger partial charge in [-0.15, -0.1) is 0 Å². The molecule has 2 unspecified atom stereocenters. The SMILES string of the molecule is O=C([O-])C(O)Cc1ccccc1.O=C([O-])C(O)Cc1ccccc1.[Ca+2]. The monoisotopic (exact) mass is 370 g/mol. The predicted molar refractivity (Wildman–Crippen MR) is 88.1 cm³/mol. The Balaban J connectivity index is 0.000000443. The van der Waals surface area contributed by atoms with E-state index in [2.05, 4.69) is 0 Å². The second-order valence-corrected chi connectivity index (χ2v) is 5.05. The molecule has 0 aliphatic carbocycles. The van der Waals surface area contributed by atoms with Gasteiger partial charge in [0.05, 0.1) is 24.1 Å². The third-order valence-corrected chi connectivity index (χ3v) is 3.09. The molecule has 0 spiro atoms. The van der Waals surface area contributed by atoms with Crippen LogP contribution in [0.4, 0.5) is 0 Å². The molecule has 0 bridgehead atoms.